The van der Waals surface area contributed by atoms with Crippen molar-refractivity contribution in [1.29, 1.82) is 0 Å². The highest BCUT2D eigenvalue weighted by Gasteiger charge is 2.33. The van der Waals surface area contributed by atoms with Gasteiger partial charge < -0.3 is 15.0 Å². The molecule has 2 heterocycles. The Morgan fingerprint density at radius 2 is 1.73 bits per heavy atom. The summed E-state index contributed by atoms with van der Waals surface area (Å²) in [7, 11) is 1.59. The molecule has 2 aromatic heterocycles. The third kappa shape index (κ3) is 5.52. The van der Waals surface area contributed by atoms with Crippen LogP contribution in [0, 0.1) is 0 Å². The molecule has 1 unspecified atom stereocenters. The number of para-hydroxylation sites is 1. The monoisotopic (exact) mass is 511 g/mol. The van der Waals surface area contributed by atoms with Crippen LogP contribution in [-0.4, -0.2) is 38.8 Å². The van der Waals surface area contributed by atoms with E-state index < -0.39 is 6.04 Å². The molecule has 186 valence electrons. The van der Waals surface area contributed by atoms with E-state index in [0.29, 0.717) is 17.0 Å². The number of carbonyl (C=O) groups excluding carboxylic acids is 2. The Labute approximate surface area is 218 Å². The normalized spacial score (nSPS) is 11.7. The van der Waals surface area contributed by atoms with Gasteiger partial charge in [0.15, 0.2) is 0 Å². The predicted molar refractivity (Wildman–Crippen MR) is 143 cm³/mol. The topological polar surface area (TPSA) is 89.4 Å². The van der Waals surface area contributed by atoms with Crippen molar-refractivity contribution in [2.24, 2.45) is 0 Å². The van der Waals surface area contributed by atoms with Crippen LogP contribution in [0.4, 0.5) is 5.69 Å². The van der Waals surface area contributed by atoms with E-state index in [1.54, 1.807) is 41.0 Å². The zero-order valence-corrected chi connectivity index (χ0v) is 21.0. The van der Waals surface area contributed by atoms with Gasteiger partial charge in [-0.1, -0.05) is 53.7 Å². The number of benzene rings is 3. The fourth-order valence-electron chi connectivity index (χ4n) is 4.11. The summed E-state index contributed by atoms with van der Waals surface area (Å²) in [5, 5.41) is 13.2. The van der Waals surface area contributed by atoms with Crippen molar-refractivity contribution in [3.05, 3.63) is 107 Å². The average molecular weight is 512 g/mol. The van der Waals surface area contributed by atoms with Gasteiger partial charge in [-0.25, -0.2) is 4.68 Å². The fourth-order valence-corrected chi connectivity index (χ4v) is 4.95. The van der Waals surface area contributed by atoms with E-state index in [1.807, 2.05) is 72.1 Å². The molecule has 2 amide bonds. The first kappa shape index (κ1) is 24.2. The van der Waals surface area contributed by atoms with Crippen LogP contribution in [0.1, 0.15) is 16.5 Å². The second kappa shape index (κ2) is 11.0. The van der Waals surface area contributed by atoms with E-state index in [-0.39, 0.29) is 24.9 Å². The molecule has 5 aromatic rings. The van der Waals surface area contributed by atoms with Crippen molar-refractivity contribution in [3.8, 4) is 5.75 Å². The zero-order valence-electron chi connectivity index (χ0n) is 20.2. The van der Waals surface area contributed by atoms with Gasteiger partial charge in [-0.05, 0) is 53.4 Å². The molecular formula is C28H25N5O3S. The lowest BCUT2D eigenvalue weighted by Crippen LogP contribution is -2.42. The van der Waals surface area contributed by atoms with Crippen LogP contribution in [0.15, 0.2) is 96.4 Å². The number of carbonyl (C=O) groups is 2. The fraction of sp³-hybridized carbons (Fsp3) is 0.143. The Morgan fingerprint density at radius 1 is 0.973 bits per heavy atom. The van der Waals surface area contributed by atoms with Crippen LogP contribution in [0.5, 0.6) is 5.75 Å². The Bertz CT molecular complexity index is 1480. The minimum absolute atomic E-state index is 0.0506. The molecule has 0 saturated carbocycles. The number of hydrogen-bond donors (Lipinski definition) is 1. The molecule has 3 aromatic carbocycles. The van der Waals surface area contributed by atoms with Crippen molar-refractivity contribution < 1.29 is 14.3 Å². The molecule has 8 nitrogen and oxygen atoms in total. The summed E-state index contributed by atoms with van der Waals surface area (Å²) in [6.45, 7) is 0.204. The zero-order chi connectivity index (χ0) is 25.6. The number of nitrogens with one attached hydrogen (secondary N) is 1. The largest absolute Gasteiger partial charge is 0.497 e. The first-order valence-electron chi connectivity index (χ1n) is 11.7. The van der Waals surface area contributed by atoms with Gasteiger partial charge in [0.05, 0.1) is 12.6 Å². The quantitative estimate of drug-likeness (QED) is 0.304. The molecule has 0 aliphatic rings. The first-order chi connectivity index (χ1) is 18.1. The van der Waals surface area contributed by atoms with E-state index >= 15 is 0 Å². The molecule has 1 N–H and O–H groups in total. The maximum Gasteiger partial charge on any atom is 0.252 e. The summed E-state index contributed by atoms with van der Waals surface area (Å²) in [5.41, 5.74) is 2.99. The van der Waals surface area contributed by atoms with Gasteiger partial charge in [-0.15, -0.1) is 16.4 Å². The van der Waals surface area contributed by atoms with Crippen molar-refractivity contribution in [1.82, 2.24) is 19.9 Å². The van der Waals surface area contributed by atoms with Crippen LogP contribution in [0.25, 0.3) is 11.0 Å². The number of hydrogen-bond acceptors (Lipinski definition) is 6. The predicted octanol–water partition coefficient (Wildman–Crippen LogP) is 4.91. The van der Waals surface area contributed by atoms with Crippen LogP contribution >= 0.6 is 11.3 Å². The number of thiophene rings is 1. The van der Waals surface area contributed by atoms with Gasteiger partial charge in [0.25, 0.3) is 5.91 Å². The number of amides is 2. The number of anilines is 1. The molecule has 0 saturated heterocycles. The summed E-state index contributed by atoms with van der Waals surface area (Å²) in [6, 6.07) is 27.1. The van der Waals surface area contributed by atoms with Crippen LogP contribution in [0.3, 0.4) is 0 Å². The SMILES string of the molecule is COc1ccc(NC(=O)C(c2cccs2)N(Cc2ccccc2)C(=O)Cn2nnc3ccccc32)cc1. The van der Waals surface area contributed by atoms with Crippen LogP contribution < -0.4 is 10.1 Å². The molecule has 5 rings (SSSR count). The van der Waals surface area contributed by atoms with Gasteiger partial charge in [0, 0.05) is 17.1 Å². The van der Waals surface area contributed by atoms with E-state index in [0.717, 1.165) is 16.0 Å². The molecule has 37 heavy (non-hydrogen) atoms. The van der Waals surface area contributed by atoms with Crippen LogP contribution in [0.2, 0.25) is 0 Å². The molecule has 1 atom stereocenters. The van der Waals surface area contributed by atoms with Crippen molar-refractivity contribution in [2.45, 2.75) is 19.1 Å². The van der Waals surface area contributed by atoms with Gasteiger partial charge in [-0.3, -0.25) is 9.59 Å². The molecule has 0 bridgehead atoms. The summed E-state index contributed by atoms with van der Waals surface area (Å²) >= 11 is 1.43. The van der Waals surface area contributed by atoms with E-state index in [9.17, 15) is 9.59 Å². The maximum atomic E-state index is 13.9. The minimum atomic E-state index is -0.843. The summed E-state index contributed by atoms with van der Waals surface area (Å²) < 4.78 is 6.79. The summed E-state index contributed by atoms with van der Waals surface area (Å²) in [5.74, 6) is 0.136. The van der Waals surface area contributed by atoms with Gasteiger partial charge >= 0.3 is 0 Å². The molecule has 0 radical (unpaired) electrons. The first-order valence-corrected chi connectivity index (χ1v) is 12.6. The minimum Gasteiger partial charge on any atom is -0.497 e. The van der Waals surface area contributed by atoms with Gasteiger partial charge in [0.1, 0.15) is 23.9 Å². The number of aromatic nitrogens is 3. The number of fused-ring (bicyclic) bond motifs is 1. The standard InChI is InChI=1S/C28H25N5O3S/c1-36-22-15-13-21(14-16-22)29-28(35)27(25-12-7-17-37-25)32(18-20-8-3-2-4-9-20)26(34)19-33-24-11-6-5-10-23(24)30-31-33/h2-17,27H,18-19H2,1H3,(H,29,35). The molecule has 9 heteroatoms. The van der Waals surface area contributed by atoms with Gasteiger partial charge in [0.2, 0.25) is 5.91 Å². The van der Waals surface area contributed by atoms with Crippen molar-refractivity contribution in [2.75, 3.05) is 12.4 Å². The number of ether oxygens (including phenoxy) is 1. The lowest BCUT2D eigenvalue weighted by atomic mass is 10.1. The number of methoxy groups -OCH3 is 1. The highest BCUT2D eigenvalue weighted by Crippen LogP contribution is 2.29. The highest BCUT2D eigenvalue weighted by atomic mass is 32.1. The van der Waals surface area contributed by atoms with E-state index in [2.05, 4.69) is 15.6 Å². The summed E-state index contributed by atoms with van der Waals surface area (Å²) in [6.07, 6.45) is 0. The molecule has 0 aliphatic carbocycles. The Morgan fingerprint density at radius 3 is 2.46 bits per heavy atom. The Hall–Kier alpha value is -4.50. The second-order valence-electron chi connectivity index (χ2n) is 8.38. The van der Waals surface area contributed by atoms with Crippen LogP contribution in [-0.2, 0) is 22.7 Å². The van der Waals surface area contributed by atoms with Crippen molar-refractivity contribution in [3.63, 3.8) is 0 Å². The lowest BCUT2D eigenvalue weighted by Gasteiger charge is -2.30. The third-order valence-electron chi connectivity index (χ3n) is 5.95. The van der Waals surface area contributed by atoms with E-state index in [4.69, 9.17) is 4.74 Å². The number of nitrogens with zero attached hydrogens (tertiary/aromatic N) is 4. The number of rotatable bonds is 9. The molecule has 0 spiro atoms. The van der Waals surface area contributed by atoms with Gasteiger partial charge in [-0.2, -0.15) is 0 Å². The second-order valence-corrected chi connectivity index (χ2v) is 9.36. The third-order valence-corrected chi connectivity index (χ3v) is 6.88. The van der Waals surface area contributed by atoms with Crippen molar-refractivity contribution >= 4 is 39.9 Å². The van der Waals surface area contributed by atoms with E-state index in [1.165, 1.54) is 11.3 Å². The molecular weight excluding hydrogens is 486 g/mol. The average Bonchev–Trinajstić information content (AvgIpc) is 3.60. The smallest absolute Gasteiger partial charge is 0.252 e. The maximum absolute atomic E-state index is 13.9. The lowest BCUT2D eigenvalue weighted by molar-refractivity contribution is -0.140. The molecule has 0 aliphatic heterocycles. The highest BCUT2D eigenvalue weighted by molar-refractivity contribution is 7.10. The Kier molecular flexibility index (Phi) is 7.23. The summed E-state index contributed by atoms with van der Waals surface area (Å²) in [4.78, 5) is 30.0. The Balaban J connectivity index is 1.49. The molecule has 0 fully saturated rings.